The van der Waals surface area contributed by atoms with Gasteiger partial charge in [0.2, 0.25) is 11.1 Å². The van der Waals surface area contributed by atoms with E-state index in [1.54, 1.807) is 26.2 Å². The largest absolute Gasteiger partial charge is 0.497 e. The number of carbonyl (C=O) groups is 1. The van der Waals surface area contributed by atoms with E-state index in [1.165, 1.54) is 16.4 Å². The van der Waals surface area contributed by atoms with Gasteiger partial charge in [-0.2, -0.15) is 0 Å². The highest BCUT2D eigenvalue weighted by Crippen LogP contribution is 2.26. The minimum atomic E-state index is -0.387. The van der Waals surface area contributed by atoms with Gasteiger partial charge in [-0.05, 0) is 48.9 Å². The number of ether oxygens (including phenoxy) is 1. The number of methoxy groups -OCH3 is 1. The van der Waals surface area contributed by atoms with Crippen LogP contribution in [0.3, 0.4) is 0 Å². The van der Waals surface area contributed by atoms with Gasteiger partial charge in [0, 0.05) is 17.1 Å². The average molecular weight is 418 g/mol. The lowest BCUT2D eigenvalue weighted by atomic mass is 10.2. The monoisotopic (exact) mass is 417 g/mol. The van der Waals surface area contributed by atoms with Crippen LogP contribution in [0, 0.1) is 0 Å². The predicted molar refractivity (Wildman–Crippen MR) is 111 cm³/mol. The molecule has 0 fully saturated rings. The lowest BCUT2D eigenvalue weighted by molar-refractivity contribution is -0.120. The van der Waals surface area contributed by atoms with Crippen molar-refractivity contribution in [3.63, 3.8) is 0 Å². The first-order valence-corrected chi connectivity index (χ1v) is 9.77. The van der Waals surface area contributed by atoms with Crippen LogP contribution in [0.15, 0.2) is 53.7 Å². The second kappa shape index (κ2) is 8.99. The molecule has 0 bridgehead atoms. The maximum atomic E-state index is 12.4. The summed E-state index contributed by atoms with van der Waals surface area (Å²) in [6.07, 6.45) is 0. The fourth-order valence-corrected chi connectivity index (χ4v) is 3.36. The van der Waals surface area contributed by atoms with Crippen LogP contribution < -0.4 is 15.9 Å². The summed E-state index contributed by atoms with van der Waals surface area (Å²) in [7, 11) is 1.61. The standard InChI is InChI=1S/C19H20ClN5O2S/c1-12(18(26)22-11-13-3-7-15(20)8-4-13)28-19-24-23-17(25(19)21)14-5-9-16(27-2)10-6-14/h3-10,12H,11,21H2,1-2H3,(H,22,26). The van der Waals surface area contributed by atoms with Crippen LogP contribution in [0.2, 0.25) is 5.02 Å². The maximum Gasteiger partial charge on any atom is 0.233 e. The molecule has 0 saturated carbocycles. The molecule has 1 unspecified atom stereocenters. The number of hydrogen-bond donors (Lipinski definition) is 2. The molecule has 1 aromatic heterocycles. The van der Waals surface area contributed by atoms with Gasteiger partial charge >= 0.3 is 0 Å². The number of rotatable bonds is 7. The number of nitrogens with zero attached hydrogens (tertiary/aromatic N) is 3. The summed E-state index contributed by atoms with van der Waals surface area (Å²) in [6, 6.07) is 14.7. The van der Waals surface area contributed by atoms with Crippen molar-refractivity contribution in [1.82, 2.24) is 20.2 Å². The van der Waals surface area contributed by atoms with Gasteiger partial charge in [0.1, 0.15) is 5.75 Å². The molecule has 3 aromatic rings. The smallest absolute Gasteiger partial charge is 0.233 e. The Morgan fingerprint density at radius 2 is 1.89 bits per heavy atom. The summed E-state index contributed by atoms with van der Waals surface area (Å²) in [5, 5.41) is 11.9. The number of benzene rings is 2. The van der Waals surface area contributed by atoms with E-state index in [4.69, 9.17) is 22.2 Å². The third-order valence-electron chi connectivity index (χ3n) is 4.04. The van der Waals surface area contributed by atoms with Crippen LogP contribution in [-0.2, 0) is 11.3 Å². The van der Waals surface area contributed by atoms with E-state index in [-0.39, 0.29) is 11.2 Å². The summed E-state index contributed by atoms with van der Waals surface area (Å²) in [4.78, 5) is 12.4. The van der Waals surface area contributed by atoms with Crippen molar-refractivity contribution in [2.75, 3.05) is 13.0 Å². The molecular weight excluding hydrogens is 398 g/mol. The fourth-order valence-electron chi connectivity index (χ4n) is 2.44. The summed E-state index contributed by atoms with van der Waals surface area (Å²) in [6.45, 7) is 2.22. The molecule has 9 heteroatoms. The summed E-state index contributed by atoms with van der Waals surface area (Å²) in [5.41, 5.74) is 1.78. The third kappa shape index (κ3) is 4.76. The Balaban J connectivity index is 1.61. The normalized spacial score (nSPS) is 11.8. The van der Waals surface area contributed by atoms with Gasteiger partial charge in [-0.15, -0.1) is 10.2 Å². The number of halogens is 1. The van der Waals surface area contributed by atoms with Crippen molar-refractivity contribution in [3.05, 3.63) is 59.1 Å². The molecule has 0 saturated heterocycles. The van der Waals surface area contributed by atoms with Gasteiger partial charge in [-0.25, -0.2) is 4.68 Å². The van der Waals surface area contributed by atoms with E-state index >= 15 is 0 Å². The van der Waals surface area contributed by atoms with Gasteiger partial charge < -0.3 is 15.9 Å². The quantitative estimate of drug-likeness (QED) is 0.453. The molecular formula is C19H20ClN5O2S. The molecule has 0 spiro atoms. The minimum absolute atomic E-state index is 0.117. The third-order valence-corrected chi connectivity index (χ3v) is 5.35. The summed E-state index contributed by atoms with van der Waals surface area (Å²) >= 11 is 7.11. The van der Waals surface area contributed by atoms with Gasteiger partial charge in [-0.1, -0.05) is 35.5 Å². The van der Waals surface area contributed by atoms with Crippen molar-refractivity contribution < 1.29 is 9.53 Å². The van der Waals surface area contributed by atoms with E-state index < -0.39 is 0 Å². The molecule has 0 aliphatic carbocycles. The molecule has 1 amide bonds. The van der Waals surface area contributed by atoms with Gasteiger partial charge in [0.25, 0.3) is 0 Å². The Morgan fingerprint density at radius 3 is 2.54 bits per heavy atom. The predicted octanol–water partition coefficient (Wildman–Crippen LogP) is 3.12. The second-order valence-corrected chi connectivity index (χ2v) is 7.75. The first-order chi connectivity index (χ1) is 13.5. The van der Waals surface area contributed by atoms with E-state index in [2.05, 4.69) is 15.5 Å². The Labute approximate surface area is 172 Å². The molecule has 2 aromatic carbocycles. The van der Waals surface area contributed by atoms with Crippen LogP contribution in [0.5, 0.6) is 5.75 Å². The number of carbonyl (C=O) groups excluding carboxylic acids is 1. The lowest BCUT2D eigenvalue weighted by Crippen LogP contribution is -2.30. The van der Waals surface area contributed by atoms with Crippen LogP contribution in [-0.4, -0.2) is 33.1 Å². The Bertz CT molecular complexity index is 944. The molecule has 0 radical (unpaired) electrons. The zero-order valence-electron chi connectivity index (χ0n) is 15.4. The van der Waals surface area contributed by atoms with Crippen molar-refractivity contribution in [2.45, 2.75) is 23.9 Å². The van der Waals surface area contributed by atoms with Crippen LogP contribution in [0.1, 0.15) is 12.5 Å². The highest BCUT2D eigenvalue weighted by Gasteiger charge is 2.19. The van der Waals surface area contributed by atoms with E-state index in [0.717, 1.165) is 16.9 Å². The molecule has 3 rings (SSSR count). The van der Waals surface area contributed by atoms with E-state index in [0.29, 0.717) is 22.5 Å². The SMILES string of the molecule is COc1ccc(-c2nnc(SC(C)C(=O)NCc3ccc(Cl)cc3)n2N)cc1. The first-order valence-electron chi connectivity index (χ1n) is 8.51. The molecule has 1 atom stereocenters. The Kier molecular flexibility index (Phi) is 6.43. The number of aromatic nitrogens is 3. The molecule has 0 aliphatic heterocycles. The maximum absolute atomic E-state index is 12.4. The summed E-state index contributed by atoms with van der Waals surface area (Å²) in [5.74, 6) is 7.27. The van der Waals surface area contributed by atoms with Crippen LogP contribution in [0.4, 0.5) is 0 Å². The van der Waals surface area contributed by atoms with Crippen molar-refractivity contribution in [3.8, 4) is 17.1 Å². The Hall–Kier alpha value is -2.71. The zero-order valence-corrected chi connectivity index (χ0v) is 17.0. The highest BCUT2D eigenvalue weighted by atomic mass is 35.5. The molecule has 3 N–H and O–H groups in total. The Morgan fingerprint density at radius 1 is 1.21 bits per heavy atom. The zero-order chi connectivity index (χ0) is 20.1. The lowest BCUT2D eigenvalue weighted by Gasteiger charge is -2.11. The first kappa shape index (κ1) is 20.0. The highest BCUT2D eigenvalue weighted by molar-refractivity contribution is 8.00. The number of thioether (sulfide) groups is 1. The van der Waals surface area contributed by atoms with Crippen LogP contribution >= 0.6 is 23.4 Å². The topological polar surface area (TPSA) is 95.1 Å². The summed E-state index contributed by atoms with van der Waals surface area (Å²) < 4.78 is 6.54. The minimum Gasteiger partial charge on any atom is -0.497 e. The molecule has 7 nitrogen and oxygen atoms in total. The van der Waals surface area contributed by atoms with E-state index in [1.807, 2.05) is 36.4 Å². The molecule has 28 heavy (non-hydrogen) atoms. The second-order valence-electron chi connectivity index (χ2n) is 6.01. The average Bonchev–Trinajstić information content (AvgIpc) is 3.07. The number of hydrogen-bond acceptors (Lipinski definition) is 6. The van der Waals surface area contributed by atoms with Gasteiger partial charge in [-0.3, -0.25) is 4.79 Å². The number of nitrogens with two attached hydrogens (primary N) is 1. The van der Waals surface area contributed by atoms with Gasteiger partial charge in [0.05, 0.1) is 12.4 Å². The van der Waals surface area contributed by atoms with Crippen molar-refractivity contribution in [2.24, 2.45) is 0 Å². The van der Waals surface area contributed by atoms with Gasteiger partial charge in [0.15, 0.2) is 5.82 Å². The number of amides is 1. The number of nitrogens with one attached hydrogen (secondary N) is 1. The number of nitrogen functional groups attached to an aromatic ring is 1. The molecule has 0 aliphatic rings. The van der Waals surface area contributed by atoms with Crippen molar-refractivity contribution >= 4 is 29.3 Å². The molecule has 146 valence electrons. The molecule has 1 heterocycles. The van der Waals surface area contributed by atoms with Crippen LogP contribution in [0.25, 0.3) is 11.4 Å². The fraction of sp³-hybridized carbons (Fsp3) is 0.211. The van der Waals surface area contributed by atoms with E-state index in [9.17, 15) is 4.79 Å². The van der Waals surface area contributed by atoms with Crippen molar-refractivity contribution in [1.29, 1.82) is 0 Å².